The first-order chi connectivity index (χ1) is 8.33. The molecular weight excluding hydrogens is 245 g/mol. The normalized spacial score (nSPS) is 23.2. The van der Waals surface area contributed by atoms with E-state index in [1.165, 1.54) is 17.6 Å². The highest BCUT2D eigenvalue weighted by atomic mass is 19.4. The number of nitrogens with zero attached hydrogens (tertiary/aromatic N) is 3. The van der Waals surface area contributed by atoms with Crippen LogP contribution in [0.3, 0.4) is 0 Å². The van der Waals surface area contributed by atoms with E-state index in [0.717, 1.165) is 0 Å². The van der Waals surface area contributed by atoms with Gasteiger partial charge in [0.15, 0.2) is 5.65 Å². The lowest BCUT2D eigenvalue weighted by Crippen LogP contribution is -2.42. The molecule has 1 aliphatic rings. The first kappa shape index (κ1) is 11.3. The number of rotatable bonds is 0. The van der Waals surface area contributed by atoms with Crippen molar-refractivity contribution in [3.05, 3.63) is 23.7 Å². The Morgan fingerprint density at radius 3 is 2.83 bits per heavy atom. The van der Waals surface area contributed by atoms with Crippen molar-refractivity contribution in [2.75, 3.05) is 11.9 Å². The van der Waals surface area contributed by atoms with Gasteiger partial charge in [-0.3, -0.25) is 0 Å². The molecule has 96 valence electrons. The Bertz CT molecular complexity index is 631. The van der Waals surface area contributed by atoms with Gasteiger partial charge in [-0.2, -0.15) is 18.3 Å². The summed E-state index contributed by atoms with van der Waals surface area (Å²) < 4.78 is 41.1. The molecule has 0 aromatic carbocycles. The highest BCUT2D eigenvalue weighted by Crippen LogP contribution is 2.47. The maximum atomic E-state index is 13.3. The van der Waals surface area contributed by atoms with Crippen LogP contribution < -0.4 is 5.32 Å². The van der Waals surface area contributed by atoms with Crippen LogP contribution in [0, 0.1) is 6.92 Å². The number of nitrogens with one attached hydrogen (secondary N) is 1. The lowest BCUT2D eigenvalue weighted by atomic mass is 9.88. The summed E-state index contributed by atoms with van der Waals surface area (Å²) in [4.78, 5) is 4.09. The zero-order valence-electron chi connectivity index (χ0n) is 9.84. The van der Waals surface area contributed by atoms with E-state index in [1.54, 1.807) is 13.0 Å². The molecule has 1 N–H and O–H groups in total. The number of hydrogen-bond acceptors (Lipinski definition) is 3. The van der Waals surface area contributed by atoms with Crippen molar-refractivity contribution in [3.63, 3.8) is 0 Å². The topological polar surface area (TPSA) is 42.2 Å². The molecule has 0 radical (unpaired) electrons. The van der Waals surface area contributed by atoms with Crippen LogP contribution in [0.2, 0.25) is 0 Å². The molecule has 0 bridgehead atoms. The Kier molecular flexibility index (Phi) is 1.98. The highest BCUT2D eigenvalue weighted by molar-refractivity contribution is 5.60. The SMILES string of the molecule is Cc1cc2ncc3c(n2n1)C(C)(C(F)(F)F)CN3. The third kappa shape index (κ3) is 1.27. The number of fused-ring (bicyclic) bond motifs is 3. The number of anilines is 1. The van der Waals surface area contributed by atoms with Crippen molar-refractivity contribution in [3.8, 4) is 0 Å². The van der Waals surface area contributed by atoms with Gasteiger partial charge in [0.05, 0.1) is 23.3 Å². The second-order valence-electron chi connectivity index (χ2n) is 4.76. The predicted octanol–water partition coefficient (Wildman–Crippen LogP) is 2.28. The van der Waals surface area contributed by atoms with Gasteiger partial charge >= 0.3 is 6.18 Å². The molecule has 0 saturated heterocycles. The summed E-state index contributed by atoms with van der Waals surface area (Å²) in [5.74, 6) is 0. The monoisotopic (exact) mass is 256 g/mol. The average molecular weight is 256 g/mol. The third-order valence-electron chi connectivity index (χ3n) is 3.39. The Morgan fingerprint density at radius 2 is 2.17 bits per heavy atom. The lowest BCUT2D eigenvalue weighted by molar-refractivity contribution is -0.181. The van der Waals surface area contributed by atoms with Crippen LogP contribution in [0.15, 0.2) is 12.3 Å². The van der Waals surface area contributed by atoms with E-state index in [2.05, 4.69) is 15.4 Å². The smallest absolute Gasteiger partial charge is 0.381 e. The van der Waals surface area contributed by atoms with Crippen molar-refractivity contribution in [2.24, 2.45) is 0 Å². The molecular formula is C11H11F3N4. The van der Waals surface area contributed by atoms with Gasteiger partial charge in [-0.05, 0) is 13.8 Å². The molecule has 0 amide bonds. The minimum absolute atomic E-state index is 0.133. The van der Waals surface area contributed by atoms with Crippen LogP contribution in [0.1, 0.15) is 18.3 Å². The van der Waals surface area contributed by atoms with Crippen LogP contribution in [0.5, 0.6) is 0 Å². The van der Waals surface area contributed by atoms with Crippen molar-refractivity contribution in [2.45, 2.75) is 25.4 Å². The fourth-order valence-corrected chi connectivity index (χ4v) is 2.30. The van der Waals surface area contributed by atoms with Gasteiger partial charge in [0.2, 0.25) is 0 Å². The van der Waals surface area contributed by atoms with Gasteiger partial charge in [-0.15, -0.1) is 0 Å². The van der Waals surface area contributed by atoms with Crippen LogP contribution in [-0.4, -0.2) is 27.3 Å². The summed E-state index contributed by atoms with van der Waals surface area (Å²) in [6.07, 6.45) is -2.90. The van der Waals surface area contributed by atoms with Crippen molar-refractivity contribution < 1.29 is 13.2 Å². The fraction of sp³-hybridized carbons (Fsp3) is 0.455. The Morgan fingerprint density at radius 1 is 1.44 bits per heavy atom. The molecule has 18 heavy (non-hydrogen) atoms. The highest BCUT2D eigenvalue weighted by Gasteiger charge is 2.57. The maximum Gasteiger partial charge on any atom is 0.401 e. The van der Waals surface area contributed by atoms with Gasteiger partial charge in [0.25, 0.3) is 0 Å². The summed E-state index contributed by atoms with van der Waals surface area (Å²) in [5, 5.41) is 6.86. The summed E-state index contributed by atoms with van der Waals surface area (Å²) in [6, 6.07) is 1.66. The zero-order valence-corrected chi connectivity index (χ0v) is 9.84. The number of aromatic nitrogens is 3. The molecule has 7 heteroatoms. The second-order valence-corrected chi connectivity index (χ2v) is 4.76. The van der Waals surface area contributed by atoms with Gasteiger partial charge in [0.1, 0.15) is 5.41 Å². The summed E-state index contributed by atoms with van der Waals surface area (Å²) in [7, 11) is 0. The standard InChI is InChI=1S/C11H11F3N4/c1-6-3-8-15-4-7-9(18(8)17-6)10(2,5-16-7)11(12,13)14/h3-4,16H,5H2,1-2H3. The van der Waals surface area contributed by atoms with E-state index < -0.39 is 11.6 Å². The molecule has 2 aromatic rings. The number of alkyl halides is 3. The molecule has 4 nitrogen and oxygen atoms in total. The molecule has 1 atom stereocenters. The molecule has 1 aliphatic heterocycles. The van der Waals surface area contributed by atoms with E-state index in [-0.39, 0.29) is 12.2 Å². The first-order valence-corrected chi connectivity index (χ1v) is 5.49. The van der Waals surface area contributed by atoms with Gasteiger partial charge < -0.3 is 5.32 Å². The van der Waals surface area contributed by atoms with Gasteiger partial charge in [-0.1, -0.05) is 0 Å². The maximum absolute atomic E-state index is 13.3. The average Bonchev–Trinajstić information content (AvgIpc) is 2.78. The van der Waals surface area contributed by atoms with Crippen LogP contribution in [-0.2, 0) is 5.41 Å². The molecule has 0 saturated carbocycles. The van der Waals surface area contributed by atoms with E-state index in [1.807, 2.05) is 0 Å². The Balaban J connectivity index is 2.35. The largest absolute Gasteiger partial charge is 0.401 e. The van der Waals surface area contributed by atoms with Crippen LogP contribution >= 0.6 is 0 Å². The zero-order chi connectivity index (χ0) is 13.1. The molecule has 0 aliphatic carbocycles. The molecule has 3 rings (SSSR count). The van der Waals surface area contributed by atoms with E-state index in [0.29, 0.717) is 17.0 Å². The minimum Gasteiger partial charge on any atom is -0.381 e. The van der Waals surface area contributed by atoms with Crippen molar-refractivity contribution in [1.82, 2.24) is 14.6 Å². The van der Waals surface area contributed by atoms with Crippen LogP contribution in [0.4, 0.5) is 18.9 Å². The third-order valence-corrected chi connectivity index (χ3v) is 3.39. The minimum atomic E-state index is -4.33. The van der Waals surface area contributed by atoms with E-state index >= 15 is 0 Å². The van der Waals surface area contributed by atoms with Crippen LogP contribution in [0.25, 0.3) is 5.65 Å². The second kappa shape index (κ2) is 3.15. The predicted molar refractivity (Wildman–Crippen MR) is 59.6 cm³/mol. The Hall–Kier alpha value is -1.79. The number of hydrogen-bond donors (Lipinski definition) is 1. The van der Waals surface area contributed by atoms with E-state index in [9.17, 15) is 13.2 Å². The van der Waals surface area contributed by atoms with Gasteiger partial charge in [-0.25, -0.2) is 9.50 Å². The summed E-state index contributed by atoms with van der Waals surface area (Å²) in [5.41, 5.74) is -0.335. The molecule has 2 aromatic heterocycles. The quantitative estimate of drug-likeness (QED) is 0.786. The summed E-state index contributed by atoms with van der Waals surface area (Å²) >= 11 is 0. The summed E-state index contributed by atoms with van der Waals surface area (Å²) in [6.45, 7) is 2.72. The first-order valence-electron chi connectivity index (χ1n) is 5.49. The number of halogens is 3. The van der Waals surface area contributed by atoms with E-state index in [4.69, 9.17) is 0 Å². The van der Waals surface area contributed by atoms with Crippen molar-refractivity contribution >= 4 is 11.3 Å². The molecule has 3 heterocycles. The molecule has 0 spiro atoms. The van der Waals surface area contributed by atoms with Gasteiger partial charge in [0, 0.05) is 12.6 Å². The lowest BCUT2D eigenvalue weighted by Gasteiger charge is -2.27. The number of aryl methyl sites for hydroxylation is 1. The fourth-order valence-electron chi connectivity index (χ4n) is 2.30. The Labute approximate surface area is 101 Å². The van der Waals surface area contributed by atoms with Crippen molar-refractivity contribution in [1.29, 1.82) is 0 Å². The molecule has 1 unspecified atom stereocenters. The molecule has 0 fully saturated rings.